The van der Waals surface area contributed by atoms with Crippen LogP contribution in [0.4, 0.5) is 5.82 Å². The second kappa shape index (κ2) is 7.36. The SMILES string of the molecule is c1ccc(CNc2ccc(-c3noc(C45CCCN(CCC4)C5)n3)cn2)cc1. The highest BCUT2D eigenvalue weighted by atomic mass is 16.5. The summed E-state index contributed by atoms with van der Waals surface area (Å²) in [5.41, 5.74) is 2.16. The van der Waals surface area contributed by atoms with E-state index in [1.54, 1.807) is 0 Å². The quantitative estimate of drug-likeness (QED) is 0.730. The number of benzene rings is 1. The fourth-order valence-corrected chi connectivity index (χ4v) is 4.52. The van der Waals surface area contributed by atoms with Crippen LogP contribution in [0.25, 0.3) is 11.4 Å². The van der Waals surface area contributed by atoms with Crippen molar-refractivity contribution in [2.75, 3.05) is 25.0 Å². The Bertz CT molecular complexity index is 912. The smallest absolute Gasteiger partial charge is 0.234 e. The van der Waals surface area contributed by atoms with Crippen LogP contribution in [0.3, 0.4) is 0 Å². The van der Waals surface area contributed by atoms with Crippen molar-refractivity contribution in [1.82, 2.24) is 20.0 Å². The summed E-state index contributed by atoms with van der Waals surface area (Å²) in [5.74, 6) is 2.28. The molecule has 6 heteroatoms. The third-order valence-corrected chi connectivity index (χ3v) is 6.00. The van der Waals surface area contributed by atoms with Crippen molar-refractivity contribution in [3.05, 3.63) is 60.1 Å². The largest absolute Gasteiger partial charge is 0.366 e. The number of pyridine rings is 1. The number of aromatic nitrogens is 3. The Morgan fingerprint density at radius 3 is 2.61 bits per heavy atom. The number of anilines is 1. The molecule has 2 fully saturated rings. The topological polar surface area (TPSA) is 67.1 Å². The van der Waals surface area contributed by atoms with Gasteiger partial charge in [-0.1, -0.05) is 35.5 Å². The predicted molar refractivity (Wildman–Crippen MR) is 108 cm³/mol. The van der Waals surface area contributed by atoms with Crippen LogP contribution in [-0.4, -0.2) is 39.7 Å². The molecule has 1 aromatic carbocycles. The molecule has 2 aromatic heterocycles. The molecule has 2 aliphatic rings. The Hall–Kier alpha value is -2.73. The van der Waals surface area contributed by atoms with E-state index in [1.165, 1.54) is 31.5 Å². The van der Waals surface area contributed by atoms with Gasteiger partial charge in [-0.2, -0.15) is 4.98 Å². The first-order chi connectivity index (χ1) is 13.8. The zero-order valence-electron chi connectivity index (χ0n) is 16.0. The van der Waals surface area contributed by atoms with Gasteiger partial charge in [-0.25, -0.2) is 4.98 Å². The second-order valence-electron chi connectivity index (χ2n) is 7.96. The summed E-state index contributed by atoms with van der Waals surface area (Å²) >= 11 is 0. The van der Waals surface area contributed by atoms with Crippen molar-refractivity contribution in [2.24, 2.45) is 0 Å². The number of rotatable bonds is 5. The predicted octanol–water partition coefficient (Wildman–Crippen LogP) is 3.87. The number of hydrogen-bond acceptors (Lipinski definition) is 6. The summed E-state index contributed by atoms with van der Waals surface area (Å²) in [5, 5.41) is 7.61. The first-order valence-corrected chi connectivity index (χ1v) is 10.1. The highest BCUT2D eigenvalue weighted by Crippen LogP contribution is 2.40. The molecular weight excluding hydrogens is 350 g/mol. The van der Waals surface area contributed by atoms with Gasteiger partial charge in [0.1, 0.15) is 5.82 Å². The van der Waals surface area contributed by atoms with Crippen molar-refractivity contribution in [3.63, 3.8) is 0 Å². The molecule has 0 unspecified atom stereocenters. The number of fused-ring (bicyclic) bond motifs is 2. The monoisotopic (exact) mass is 375 g/mol. The van der Waals surface area contributed by atoms with Gasteiger partial charge in [0.2, 0.25) is 11.7 Å². The summed E-state index contributed by atoms with van der Waals surface area (Å²) in [4.78, 5) is 11.8. The summed E-state index contributed by atoms with van der Waals surface area (Å²) in [6.45, 7) is 4.20. The lowest BCUT2D eigenvalue weighted by atomic mass is 9.73. The van der Waals surface area contributed by atoms with Gasteiger partial charge in [-0.15, -0.1) is 0 Å². The summed E-state index contributed by atoms with van der Waals surface area (Å²) in [6, 6.07) is 14.3. The Labute approximate surface area is 165 Å². The molecule has 0 aliphatic carbocycles. The summed E-state index contributed by atoms with van der Waals surface area (Å²) < 4.78 is 5.74. The zero-order valence-corrected chi connectivity index (χ0v) is 16.0. The average molecular weight is 375 g/mol. The fourth-order valence-electron chi connectivity index (χ4n) is 4.52. The maximum Gasteiger partial charge on any atom is 0.234 e. The van der Waals surface area contributed by atoms with Gasteiger partial charge in [0.15, 0.2) is 0 Å². The zero-order chi connectivity index (χ0) is 18.8. The fraction of sp³-hybridized carbons (Fsp3) is 0.409. The van der Waals surface area contributed by atoms with E-state index in [9.17, 15) is 0 Å². The summed E-state index contributed by atoms with van der Waals surface area (Å²) in [7, 11) is 0. The Balaban J connectivity index is 1.29. The van der Waals surface area contributed by atoms with Gasteiger partial charge < -0.3 is 14.7 Å². The Morgan fingerprint density at radius 1 is 1.04 bits per heavy atom. The third-order valence-electron chi connectivity index (χ3n) is 6.00. The molecular formula is C22H25N5O. The van der Waals surface area contributed by atoms with E-state index in [0.717, 1.165) is 43.2 Å². The molecule has 2 aliphatic heterocycles. The van der Waals surface area contributed by atoms with Crippen molar-refractivity contribution in [2.45, 2.75) is 37.6 Å². The van der Waals surface area contributed by atoms with Crippen LogP contribution in [-0.2, 0) is 12.0 Å². The molecule has 5 rings (SSSR count). The number of nitrogens with one attached hydrogen (secondary N) is 1. The molecule has 0 saturated carbocycles. The van der Waals surface area contributed by atoms with Crippen LogP contribution >= 0.6 is 0 Å². The molecule has 1 N–H and O–H groups in total. The van der Waals surface area contributed by atoms with Crippen LogP contribution in [0.15, 0.2) is 53.2 Å². The summed E-state index contributed by atoms with van der Waals surface area (Å²) in [6.07, 6.45) is 6.52. The van der Waals surface area contributed by atoms with E-state index in [-0.39, 0.29) is 5.41 Å². The molecule has 0 spiro atoms. The Kier molecular flexibility index (Phi) is 4.56. The molecule has 4 heterocycles. The number of nitrogens with zero attached hydrogens (tertiary/aromatic N) is 4. The molecule has 2 saturated heterocycles. The number of hydrogen-bond donors (Lipinski definition) is 1. The maximum absolute atomic E-state index is 5.74. The first-order valence-electron chi connectivity index (χ1n) is 10.1. The van der Waals surface area contributed by atoms with Crippen LogP contribution in [0.5, 0.6) is 0 Å². The van der Waals surface area contributed by atoms with Crippen molar-refractivity contribution >= 4 is 5.82 Å². The molecule has 0 radical (unpaired) electrons. The first kappa shape index (κ1) is 17.4. The third kappa shape index (κ3) is 3.40. The van der Waals surface area contributed by atoms with Crippen LogP contribution in [0, 0.1) is 0 Å². The van der Waals surface area contributed by atoms with Crippen molar-refractivity contribution in [3.8, 4) is 11.4 Å². The van der Waals surface area contributed by atoms with Gasteiger partial charge in [0.25, 0.3) is 0 Å². The molecule has 3 aromatic rings. The highest BCUT2D eigenvalue weighted by molar-refractivity contribution is 5.55. The molecule has 28 heavy (non-hydrogen) atoms. The second-order valence-corrected chi connectivity index (χ2v) is 7.96. The maximum atomic E-state index is 5.74. The lowest BCUT2D eigenvalue weighted by Gasteiger charge is -2.44. The Morgan fingerprint density at radius 2 is 1.86 bits per heavy atom. The molecule has 144 valence electrons. The normalized spacial score (nSPS) is 24.1. The van der Waals surface area contributed by atoms with Gasteiger partial charge in [-0.3, -0.25) is 0 Å². The molecule has 2 bridgehead atoms. The minimum absolute atomic E-state index is 0.0480. The van der Waals surface area contributed by atoms with E-state index >= 15 is 0 Å². The van der Waals surface area contributed by atoms with E-state index in [2.05, 4.69) is 32.5 Å². The van der Waals surface area contributed by atoms with Crippen LogP contribution in [0.1, 0.15) is 37.1 Å². The average Bonchev–Trinajstić information content (AvgIpc) is 3.25. The molecule has 0 atom stereocenters. The van der Waals surface area contributed by atoms with Crippen molar-refractivity contribution in [1.29, 1.82) is 0 Å². The minimum Gasteiger partial charge on any atom is -0.366 e. The van der Waals surface area contributed by atoms with Gasteiger partial charge in [0.05, 0.1) is 5.41 Å². The highest BCUT2D eigenvalue weighted by Gasteiger charge is 2.44. The van der Waals surface area contributed by atoms with Gasteiger partial charge in [0, 0.05) is 24.8 Å². The van der Waals surface area contributed by atoms with Crippen LogP contribution in [0.2, 0.25) is 0 Å². The number of piperidine rings is 2. The lowest BCUT2D eigenvalue weighted by Crippen LogP contribution is -2.50. The van der Waals surface area contributed by atoms with Crippen LogP contribution < -0.4 is 5.32 Å². The van der Waals surface area contributed by atoms with E-state index in [0.29, 0.717) is 5.82 Å². The molecule has 6 nitrogen and oxygen atoms in total. The van der Waals surface area contributed by atoms with Crippen molar-refractivity contribution < 1.29 is 4.52 Å². The van der Waals surface area contributed by atoms with E-state index < -0.39 is 0 Å². The van der Waals surface area contributed by atoms with E-state index in [1.807, 2.05) is 36.5 Å². The standard InChI is InChI=1S/C22H25N5O/c1-2-6-17(7-3-1)14-23-19-9-8-18(15-24-19)20-25-21(28-26-20)22-10-4-12-27(16-22)13-5-11-22/h1-3,6-9,15H,4-5,10-14,16H2,(H,23,24). The lowest BCUT2D eigenvalue weighted by molar-refractivity contribution is 0.0711. The molecule has 0 amide bonds. The van der Waals surface area contributed by atoms with Gasteiger partial charge in [-0.05, 0) is 56.5 Å². The van der Waals surface area contributed by atoms with E-state index in [4.69, 9.17) is 9.51 Å². The van der Waals surface area contributed by atoms with Gasteiger partial charge >= 0.3 is 0 Å². The minimum atomic E-state index is 0.0480.